The number of hydrogen-bond acceptors (Lipinski definition) is 6. The Hall–Kier alpha value is -2.62. The lowest BCUT2D eigenvalue weighted by Crippen LogP contribution is -2.37. The summed E-state index contributed by atoms with van der Waals surface area (Å²) in [6, 6.07) is 10.0. The van der Waals surface area contributed by atoms with Crippen molar-refractivity contribution >= 4 is 29.0 Å². The normalized spacial score (nSPS) is 15.3. The summed E-state index contributed by atoms with van der Waals surface area (Å²) in [6.07, 6.45) is 4.05. The van der Waals surface area contributed by atoms with E-state index in [0.29, 0.717) is 17.7 Å². The summed E-state index contributed by atoms with van der Waals surface area (Å²) in [7, 11) is 3.16. The average molecular weight is 442 g/mol. The van der Waals surface area contributed by atoms with Crippen molar-refractivity contribution in [3.63, 3.8) is 0 Å². The van der Waals surface area contributed by atoms with Gasteiger partial charge in [-0.3, -0.25) is 18.8 Å². The molecule has 0 N–H and O–H groups in total. The van der Waals surface area contributed by atoms with Crippen LogP contribution >= 0.6 is 11.8 Å². The molecule has 8 nitrogen and oxygen atoms in total. The first kappa shape index (κ1) is 21.6. The zero-order valence-electron chi connectivity index (χ0n) is 17.9. The third-order valence-electron chi connectivity index (χ3n) is 5.45. The Kier molecular flexibility index (Phi) is 6.74. The van der Waals surface area contributed by atoms with Gasteiger partial charge in [-0.2, -0.15) is 0 Å². The fraction of sp³-hybridized carbons (Fsp3) is 0.409. The van der Waals surface area contributed by atoms with Gasteiger partial charge in [0.1, 0.15) is 0 Å². The molecule has 0 aliphatic carbocycles. The maximum atomic E-state index is 12.9. The fourth-order valence-electron chi connectivity index (χ4n) is 3.66. The number of benzene rings is 1. The van der Waals surface area contributed by atoms with Gasteiger partial charge < -0.3 is 9.30 Å². The summed E-state index contributed by atoms with van der Waals surface area (Å²) >= 11 is 1.61. The molecule has 0 spiro atoms. The predicted molar refractivity (Wildman–Crippen MR) is 124 cm³/mol. The fourth-order valence-corrected chi connectivity index (χ4v) is 4.66. The average Bonchev–Trinajstić information content (AvgIpc) is 3.16. The number of ether oxygens (including phenoxy) is 1. The number of morpholine rings is 1. The van der Waals surface area contributed by atoms with Crippen LogP contribution in [0.1, 0.15) is 5.56 Å². The lowest BCUT2D eigenvalue weighted by molar-refractivity contribution is 0.0410. The van der Waals surface area contributed by atoms with Crippen LogP contribution in [0.4, 0.5) is 0 Å². The molecule has 1 saturated heterocycles. The van der Waals surface area contributed by atoms with E-state index >= 15 is 0 Å². The molecule has 1 aromatic carbocycles. The maximum absolute atomic E-state index is 12.9. The molecule has 3 aromatic rings. The highest BCUT2D eigenvalue weighted by atomic mass is 32.2. The summed E-state index contributed by atoms with van der Waals surface area (Å²) in [5.74, 6) is 0.847. The number of hydrogen-bond donors (Lipinski definition) is 0. The van der Waals surface area contributed by atoms with E-state index in [-0.39, 0.29) is 11.2 Å². The Morgan fingerprint density at radius 2 is 1.84 bits per heavy atom. The molecule has 0 unspecified atom stereocenters. The maximum Gasteiger partial charge on any atom is 0.332 e. The third-order valence-corrected chi connectivity index (χ3v) is 6.41. The van der Waals surface area contributed by atoms with Crippen LogP contribution in [-0.2, 0) is 25.4 Å². The standard InChI is InChI=1S/C22H27N5O3S/c1-24-19-18(20(28)25(2)22(24)29)27(10-6-9-17-7-4-3-5-8-17)21(23-19)31-16-13-26-11-14-30-15-12-26/h3-9H,10-16H2,1-2H3/b9-6+. The van der Waals surface area contributed by atoms with Crippen LogP contribution in [-0.4, -0.2) is 62.2 Å². The third kappa shape index (κ3) is 4.68. The van der Waals surface area contributed by atoms with Gasteiger partial charge in [-0.15, -0.1) is 0 Å². The zero-order valence-corrected chi connectivity index (χ0v) is 18.7. The van der Waals surface area contributed by atoms with Gasteiger partial charge in [0, 0.05) is 46.0 Å². The largest absolute Gasteiger partial charge is 0.379 e. The monoisotopic (exact) mass is 441 g/mol. The molecule has 3 heterocycles. The molecule has 9 heteroatoms. The van der Waals surface area contributed by atoms with Crippen molar-refractivity contribution < 1.29 is 4.74 Å². The molecule has 1 aliphatic rings. The molecule has 0 saturated carbocycles. The topological polar surface area (TPSA) is 74.3 Å². The van der Waals surface area contributed by atoms with E-state index in [2.05, 4.69) is 9.88 Å². The van der Waals surface area contributed by atoms with Crippen molar-refractivity contribution in [3.05, 3.63) is 62.8 Å². The Morgan fingerprint density at radius 3 is 2.58 bits per heavy atom. The zero-order chi connectivity index (χ0) is 21.8. The highest BCUT2D eigenvalue weighted by Gasteiger charge is 2.19. The first-order valence-corrected chi connectivity index (χ1v) is 11.4. The molecule has 2 aromatic heterocycles. The molecule has 0 atom stereocenters. The van der Waals surface area contributed by atoms with Gasteiger partial charge in [0.25, 0.3) is 5.56 Å². The summed E-state index contributed by atoms with van der Waals surface area (Å²) < 4.78 is 9.92. The molecule has 1 aliphatic heterocycles. The van der Waals surface area contributed by atoms with Gasteiger partial charge >= 0.3 is 5.69 Å². The van der Waals surface area contributed by atoms with Crippen molar-refractivity contribution in [1.29, 1.82) is 0 Å². The van der Waals surface area contributed by atoms with E-state index in [1.54, 1.807) is 18.8 Å². The van der Waals surface area contributed by atoms with Crippen LogP contribution in [0.2, 0.25) is 0 Å². The highest BCUT2D eigenvalue weighted by Crippen LogP contribution is 2.22. The summed E-state index contributed by atoms with van der Waals surface area (Å²) in [5.41, 5.74) is 1.28. The quantitative estimate of drug-likeness (QED) is 0.518. The molecular weight excluding hydrogens is 414 g/mol. The van der Waals surface area contributed by atoms with E-state index in [4.69, 9.17) is 4.74 Å². The lowest BCUT2D eigenvalue weighted by Gasteiger charge is -2.26. The molecule has 0 bridgehead atoms. The van der Waals surface area contributed by atoms with Crippen molar-refractivity contribution in [1.82, 2.24) is 23.6 Å². The van der Waals surface area contributed by atoms with Gasteiger partial charge in [0.2, 0.25) is 0 Å². The number of imidazole rings is 1. The molecule has 0 amide bonds. The SMILES string of the molecule is Cn1c(=O)c2c(nc(SCCN3CCOCC3)n2C/C=C/c2ccccc2)n(C)c1=O. The van der Waals surface area contributed by atoms with Crippen molar-refractivity contribution in [2.45, 2.75) is 11.7 Å². The first-order valence-electron chi connectivity index (χ1n) is 10.4. The van der Waals surface area contributed by atoms with Gasteiger partial charge in [-0.05, 0) is 5.56 Å². The number of aryl methyl sites for hydroxylation is 1. The van der Waals surface area contributed by atoms with Gasteiger partial charge in [-0.1, -0.05) is 54.2 Å². The van der Waals surface area contributed by atoms with Crippen LogP contribution in [0.15, 0.2) is 51.2 Å². The Balaban J connectivity index is 1.64. The minimum atomic E-state index is -0.369. The van der Waals surface area contributed by atoms with Crippen molar-refractivity contribution in [3.8, 4) is 0 Å². The number of allylic oxidation sites excluding steroid dienone is 1. The number of thioether (sulfide) groups is 1. The van der Waals surface area contributed by atoms with Gasteiger partial charge in [0.05, 0.1) is 13.2 Å². The minimum absolute atomic E-state index is 0.321. The second-order valence-electron chi connectivity index (χ2n) is 7.50. The second kappa shape index (κ2) is 9.67. The molecule has 1 fully saturated rings. The number of fused-ring (bicyclic) bond motifs is 1. The molecule has 164 valence electrons. The van der Waals surface area contributed by atoms with Gasteiger partial charge in [0.15, 0.2) is 16.3 Å². The van der Waals surface area contributed by atoms with E-state index in [9.17, 15) is 9.59 Å². The van der Waals surface area contributed by atoms with Crippen LogP contribution in [0.5, 0.6) is 0 Å². The molecule has 0 radical (unpaired) electrons. The van der Waals surface area contributed by atoms with Crippen LogP contribution < -0.4 is 11.2 Å². The Morgan fingerprint density at radius 1 is 1.10 bits per heavy atom. The molecule has 31 heavy (non-hydrogen) atoms. The van der Waals surface area contributed by atoms with Crippen LogP contribution in [0, 0.1) is 0 Å². The molecular formula is C22H27N5O3S. The van der Waals surface area contributed by atoms with Crippen molar-refractivity contribution in [2.24, 2.45) is 14.1 Å². The lowest BCUT2D eigenvalue weighted by atomic mass is 10.2. The second-order valence-corrected chi connectivity index (χ2v) is 8.56. The number of aromatic nitrogens is 4. The molecule has 4 rings (SSSR count). The smallest absolute Gasteiger partial charge is 0.332 e. The van der Waals surface area contributed by atoms with Gasteiger partial charge in [-0.25, -0.2) is 9.78 Å². The van der Waals surface area contributed by atoms with E-state index in [0.717, 1.165) is 53.9 Å². The van der Waals surface area contributed by atoms with E-state index in [1.165, 1.54) is 11.6 Å². The first-order chi connectivity index (χ1) is 15.1. The van der Waals surface area contributed by atoms with Crippen molar-refractivity contribution in [2.75, 3.05) is 38.6 Å². The Labute approximate surface area is 184 Å². The Bertz CT molecular complexity index is 1190. The highest BCUT2D eigenvalue weighted by molar-refractivity contribution is 7.99. The summed E-state index contributed by atoms with van der Waals surface area (Å²) in [4.78, 5) is 32.4. The predicted octanol–water partition coefficient (Wildman–Crippen LogP) is 1.57. The summed E-state index contributed by atoms with van der Waals surface area (Å²) in [5, 5.41) is 0.749. The number of rotatable bonds is 7. The number of nitrogens with zero attached hydrogens (tertiary/aromatic N) is 5. The van der Waals surface area contributed by atoms with Crippen LogP contribution in [0.25, 0.3) is 17.2 Å². The van der Waals surface area contributed by atoms with E-state index < -0.39 is 0 Å². The van der Waals surface area contributed by atoms with E-state index in [1.807, 2.05) is 47.1 Å². The summed E-state index contributed by atoms with van der Waals surface area (Å²) in [6.45, 7) is 4.83. The van der Waals surface area contributed by atoms with Crippen LogP contribution in [0.3, 0.4) is 0 Å². The minimum Gasteiger partial charge on any atom is -0.379 e.